The highest BCUT2D eigenvalue weighted by Crippen LogP contribution is 2.27. The Hall–Kier alpha value is -1.63. The molecule has 1 saturated heterocycles. The van der Waals surface area contributed by atoms with E-state index in [1.165, 1.54) is 0 Å². The minimum absolute atomic E-state index is 0.0286. The maximum Gasteiger partial charge on any atom is 0.254 e. The van der Waals surface area contributed by atoms with Crippen molar-refractivity contribution in [3.63, 3.8) is 0 Å². The van der Waals surface area contributed by atoms with Crippen LogP contribution in [-0.4, -0.2) is 79.5 Å². The number of carbonyl (C=O) groups is 1. The molecule has 0 aliphatic carbocycles. The van der Waals surface area contributed by atoms with Gasteiger partial charge in [0, 0.05) is 44.3 Å². The van der Waals surface area contributed by atoms with Crippen LogP contribution in [0.4, 0.5) is 0 Å². The number of hydrogen-bond acceptors (Lipinski definition) is 5. The Morgan fingerprint density at radius 2 is 2.04 bits per heavy atom. The van der Waals surface area contributed by atoms with Crippen LogP contribution in [0, 0.1) is 18.8 Å². The van der Waals surface area contributed by atoms with Gasteiger partial charge < -0.3 is 24.7 Å². The molecule has 0 spiro atoms. The summed E-state index contributed by atoms with van der Waals surface area (Å²) in [5.74, 6) is 0.960. The number of likely N-dealkylation sites (tertiary alicyclic amines) is 1. The SMILES string of the molecule is COc1cc(C(=O)N2C[C@@H](CN(C)CCO)[C@@H](CO)C2)ccc1C. The van der Waals surface area contributed by atoms with E-state index < -0.39 is 0 Å². The van der Waals surface area contributed by atoms with Gasteiger partial charge in [-0.2, -0.15) is 0 Å². The van der Waals surface area contributed by atoms with Crippen LogP contribution in [0.1, 0.15) is 15.9 Å². The highest BCUT2D eigenvalue weighted by molar-refractivity contribution is 5.95. The van der Waals surface area contributed by atoms with Crippen LogP contribution in [0.15, 0.2) is 18.2 Å². The molecule has 1 aromatic rings. The fourth-order valence-corrected chi connectivity index (χ4v) is 3.32. The van der Waals surface area contributed by atoms with Crippen molar-refractivity contribution in [2.75, 3.05) is 53.6 Å². The van der Waals surface area contributed by atoms with Crippen molar-refractivity contribution in [1.29, 1.82) is 0 Å². The first-order valence-corrected chi connectivity index (χ1v) is 8.34. The number of ether oxygens (including phenoxy) is 1. The van der Waals surface area contributed by atoms with Crippen LogP contribution >= 0.6 is 0 Å². The molecule has 0 aromatic heterocycles. The van der Waals surface area contributed by atoms with E-state index in [1.54, 1.807) is 13.2 Å². The Morgan fingerprint density at radius 1 is 1.33 bits per heavy atom. The molecule has 0 saturated carbocycles. The highest BCUT2D eigenvalue weighted by Gasteiger charge is 2.35. The van der Waals surface area contributed by atoms with Gasteiger partial charge >= 0.3 is 0 Å². The largest absolute Gasteiger partial charge is 0.496 e. The van der Waals surface area contributed by atoms with Gasteiger partial charge in [-0.05, 0) is 37.6 Å². The van der Waals surface area contributed by atoms with E-state index in [4.69, 9.17) is 9.84 Å². The topological polar surface area (TPSA) is 73.2 Å². The third-order valence-corrected chi connectivity index (χ3v) is 4.78. The van der Waals surface area contributed by atoms with Crippen molar-refractivity contribution >= 4 is 5.91 Å². The molecule has 1 amide bonds. The number of aryl methyl sites for hydroxylation is 1. The van der Waals surface area contributed by atoms with Crippen LogP contribution in [-0.2, 0) is 0 Å². The third-order valence-electron chi connectivity index (χ3n) is 4.78. The number of aliphatic hydroxyl groups excluding tert-OH is 2. The van der Waals surface area contributed by atoms with Crippen molar-refractivity contribution < 1.29 is 19.7 Å². The number of benzene rings is 1. The Balaban J connectivity index is 2.08. The standard InChI is InChI=1S/C18H28N2O4/c1-13-4-5-14(8-17(13)24-3)18(23)20-10-15(16(11-20)12-22)9-19(2)6-7-21/h4-5,8,15-16,21-22H,6-7,9-12H2,1-3H3/t15-,16-/m1/s1. The molecule has 0 radical (unpaired) electrons. The summed E-state index contributed by atoms with van der Waals surface area (Å²) in [7, 11) is 3.54. The molecule has 6 nitrogen and oxygen atoms in total. The summed E-state index contributed by atoms with van der Waals surface area (Å²) >= 11 is 0. The van der Waals surface area contributed by atoms with Crippen molar-refractivity contribution in [1.82, 2.24) is 9.80 Å². The van der Waals surface area contributed by atoms with E-state index in [1.807, 2.05) is 35.9 Å². The van der Waals surface area contributed by atoms with Crippen molar-refractivity contribution in [2.45, 2.75) is 6.92 Å². The molecule has 1 fully saturated rings. The van der Waals surface area contributed by atoms with E-state index in [-0.39, 0.29) is 31.0 Å². The first-order valence-electron chi connectivity index (χ1n) is 8.34. The number of rotatable bonds is 7. The molecule has 1 heterocycles. The molecule has 2 N–H and O–H groups in total. The zero-order valence-electron chi connectivity index (χ0n) is 14.7. The maximum atomic E-state index is 12.8. The second-order valence-electron chi connectivity index (χ2n) is 6.58. The third kappa shape index (κ3) is 4.26. The number of aliphatic hydroxyl groups is 2. The average Bonchev–Trinajstić information content (AvgIpc) is 2.97. The van der Waals surface area contributed by atoms with Gasteiger partial charge in [-0.25, -0.2) is 0 Å². The number of hydrogen-bond donors (Lipinski definition) is 2. The van der Waals surface area contributed by atoms with E-state index >= 15 is 0 Å². The molecule has 2 atom stereocenters. The second kappa shape index (κ2) is 8.46. The van der Waals surface area contributed by atoms with Gasteiger partial charge in [-0.3, -0.25) is 4.79 Å². The molecule has 0 bridgehead atoms. The Morgan fingerprint density at radius 3 is 2.67 bits per heavy atom. The zero-order chi connectivity index (χ0) is 17.7. The lowest BCUT2D eigenvalue weighted by molar-refractivity contribution is 0.0778. The van der Waals surface area contributed by atoms with Crippen LogP contribution in [0.3, 0.4) is 0 Å². The molecule has 1 aromatic carbocycles. The summed E-state index contributed by atoms with van der Waals surface area (Å²) in [5.41, 5.74) is 1.60. The number of amides is 1. The van der Waals surface area contributed by atoms with Crippen molar-refractivity contribution in [3.05, 3.63) is 29.3 Å². The summed E-state index contributed by atoms with van der Waals surface area (Å²) in [5, 5.41) is 18.7. The molecule has 0 unspecified atom stereocenters. The summed E-state index contributed by atoms with van der Waals surface area (Å²) in [6, 6.07) is 5.48. The minimum atomic E-state index is -0.0286. The number of nitrogens with zero attached hydrogens (tertiary/aromatic N) is 2. The van der Waals surface area contributed by atoms with Gasteiger partial charge in [0.15, 0.2) is 0 Å². The van der Waals surface area contributed by atoms with Gasteiger partial charge in [-0.15, -0.1) is 0 Å². The first-order chi connectivity index (χ1) is 11.5. The summed E-state index contributed by atoms with van der Waals surface area (Å²) in [4.78, 5) is 16.6. The van der Waals surface area contributed by atoms with Crippen LogP contribution in [0.25, 0.3) is 0 Å². The molecule has 134 valence electrons. The normalized spacial score (nSPS) is 20.7. The van der Waals surface area contributed by atoms with Gasteiger partial charge in [0.05, 0.1) is 13.7 Å². The van der Waals surface area contributed by atoms with Crippen molar-refractivity contribution in [3.8, 4) is 5.75 Å². The maximum absolute atomic E-state index is 12.8. The fraction of sp³-hybridized carbons (Fsp3) is 0.611. The number of carbonyl (C=O) groups excluding carboxylic acids is 1. The molecular formula is C18H28N2O4. The highest BCUT2D eigenvalue weighted by atomic mass is 16.5. The summed E-state index contributed by atoms with van der Waals surface area (Å²) < 4.78 is 5.30. The van der Waals surface area contributed by atoms with Crippen LogP contribution < -0.4 is 4.74 Å². The summed E-state index contributed by atoms with van der Waals surface area (Å²) in [6.07, 6.45) is 0. The fourth-order valence-electron chi connectivity index (χ4n) is 3.32. The van der Waals surface area contributed by atoms with Gasteiger partial charge in [0.25, 0.3) is 5.91 Å². The monoisotopic (exact) mass is 336 g/mol. The quantitative estimate of drug-likeness (QED) is 0.763. The molecule has 1 aliphatic rings. The Kier molecular flexibility index (Phi) is 6.60. The molecule has 6 heteroatoms. The molecule has 24 heavy (non-hydrogen) atoms. The number of likely N-dealkylation sites (N-methyl/N-ethyl adjacent to an activating group) is 1. The van der Waals surface area contributed by atoms with Crippen LogP contribution in [0.5, 0.6) is 5.75 Å². The number of methoxy groups -OCH3 is 1. The predicted octanol–water partition coefficient (Wildman–Crippen LogP) is 0.608. The lowest BCUT2D eigenvalue weighted by Gasteiger charge is -2.23. The van der Waals surface area contributed by atoms with Gasteiger partial charge in [-0.1, -0.05) is 6.07 Å². The predicted molar refractivity (Wildman–Crippen MR) is 92.3 cm³/mol. The van der Waals surface area contributed by atoms with E-state index in [0.29, 0.717) is 30.9 Å². The molecule has 2 rings (SSSR count). The Bertz CT molecular complexity index is 564. The van der Waals surface area contributed by atoms with E-state index in [2.05, 4.69) is 0 Å². The molecular weight excluding hydrogens is 308 g/mol. The lowest BCUT2D eigenvalue weighted by Crippen LogP contribution is -2.33. The molecule has 1 aliphatic heterocycles. The van der Waals surface area contributed by atoms with Crippen molar-refractivity contribution in [2.24, 2.45) is 11.8 Å². The van der Waals surface area contributed by atoms with Gasteiger partial charge in [0.2, 0.25) is 0 Å². The average molecular weight is 336 g/mol. The smallest absolute Gasteiger partial charge is 0.254 e. The summed E-state index contributed by atoms with van der Waals surface area (Å²) in [6.45, 7) is 4.65. The van der Waals surface area contributed by atoms with Gasteiger partial charge in [0.1, 0.15) is 5.75 Å². The lowest BCUT2D eigenvalue weighted by atomic mass is 9.96. The van der Waals surface area contributed by atoms with Crippen LogP contribution in [0.2, 0.25) is 0 Å². The Labute approximate surface area is 143 Å². The zero-order valence-corrected chi connectivity index (χ0v) is 14.7. The van der Waals surface area contributed by atoms with E-state index in [0.717, 1.165) is 12.1 Å². The minimum Gasteiger partial charge on any atom is -0.496 e. The van der Waals surface area contributed by atoms with E-state index in [9.17, 15) is 9.90 Å². The first kappa shape index (κ1) is 18.7. The second-order valence-corrected chi connectivity index (χ2v) is 6.58.